The van der Waals surface area contributed by atoms with Crippen molar-refractivity contribution in [2.75, 3.05) is 18.1 Å². The first kappa shape index (κ1) is 14.2. The van der Waals surface area contributed by atoms with Crippen molar-refractivity contribution in [3.05, 3.63) is 36.0 Å². The molecule has 110 valence electrons. The SMILES string of the molecule is CC1CN(c2c(C(N)=S)cnc3ccccc23)C(C)CO1. The van der Waals surface area contributed by atoms with E-state index >= 15 is 0 Å². The summed E-state index contributed by atoms with van der Waals surface area (Å²) in [6.45, 7) is 5.77. The summed E-state index contributed by atoms with van der Waals surface area (Å²) in [7, 11) is 0. The molecule has 2 N–H and O–H groups in total. The predicted octanol–water partition coefficient (Wildman–Crippen LogP) is 2.48. The topological polar surface area (TPSA) is 51.4 Å². The normalized spacial score (nSPS) is 22.5. The Morgan fingerprint density at radius 1 is 1.38 bits per heavy atom. The maximum Gasteiger partial charge on any atom is 0.107 e. The fourth-order valence-corrected chi connectivity index (χ4v) is 2.98. The Morgan fingerprint density at radius 2 is 2.14 bits per heavy atom. The third kappa shape index (κ3) is 2.59. The summed E-state index contributed by atoms with van der Waals surface area (Å²) in [6, 6.07) is 8.37. The summed E-state index contributed by atoms with van der Waals surface area (Å²) in [5.74, 6) is 0. The zero-order valence-electron chi connectivity index (χ0n) is 12.2. The zero-order valence-corrected chi connectivity index (χ0v) is 13.1. The van der Waals surface area contributed by atoms with Crippen LogP contribution in [0.4, 0.5) is 5.69 Å². The van der Waals surface area contributed by atoms with Crippen LogP contribution in [0.25, 0.3) is 10.9 Å². The Morgan fingerprint density at radius 3 is 2.90 bits per heavy atom. The van der Waals surface area contributed by atoms with Crippen LogP contribution in [0, 0.1) is 0 Å². The maximum atomic E-state index is 5.93. The number of aromatic nitrogens is 1. The Balaban J connectivity index is 2.22. The summed E-state index contributed by atoms with van der Waals surface area (Å²) in [5, 5.41) is 1.09. The van der Waals surface area contributed by atoms with E-state index in [1.165, 1.54) is 0 Å². The number of fused-ring (bicyclic) bond motifs is 1. The van der Waals surface area contributed by atoms with Gasteiger partial charge in [0.1, 0.15) is 4.99 Å². The highest BCUT2D eigenvalue weighted by Crippen LogP contribution is 2.32. The lowest BCUT2D eigenvalue weighted by Gasteiger charge is -2.39. The van der Waals surface area contributed by atoms with Gasteiger partial charge in [0.15, 0.2) is 0 Å². The average Bonchev–Trinajstić information content (AvgIpc) is 2.48. The van der Waals surface area contributed by atoms with E-state index in [0.717, 1.165) is 28.7 Å². The van der Waals surface area contributed by atoms with Gasteiger partial charge in [-0.25, -0.2) is 0 Å². The summed E-state index contributed by atoms with van der Waals surface area (Å²) in [5.41, 5.74) is 8.80. The largest absolute Gasteiger partial charge is 0.389 e. The number of pyridine rings is 1. The van der Waals surface area contributed by atoms with Gasteiger partial charge in [-0.2, -0.15) is 0 Å². The molecule has 0 bridgehead atoms. The minimum Gasteiger partial charge on any atom is -0.389 e. The molecule has 2 atom stereocenters. The van der Waals surface area contributed by atoms with Crippen LogP contribution in [-0.4, -0.2) is 35.3 Å². The van der Waals surface area contributed by atoms with Crippen LogP contribution < -0.4 is 10.6 Å². The highest BCUT2D eigenvalue weighted by atomic mass is 32.1. The molecule has 0 aliphatic carbocycles. The van der Waals surface area contributed by atoms with E-state index in [0.29, 0.717) is 11.6 Å². The number of hydrogen-bond donors (Lipinski definition) is 1. The standard InChI is InChI=1S/C16H19N3OS/c1-10-9-20-11(2)8-19(10)15-12-5-3-4-6-14(12)18-7-13(15)16(17)21/h3-7,10-11H,8-9H2,1-2H3,(H2,17,21). The van der Waals surface area contributed by atoms with Crippen molar-refractivity contribution in [3.8, 4) is 0 Å². The van der Waals surface area contributed by atoms with Gasteiger partial charge < -0.3 is 15.4 Å². The number of nitrogens with two attached hydrogens (primary N) is 1. The van der Waals surface area contributed by atoms with Gasteiger partial charge in [-0.05, 0) is 19.9 Å². The van der Waals surface area contributed by atoms with Crippen LogP contribution in [0.15, 0.2) is 30.5 Å². The van der Waals surface area contributed by atoms with Crippen molar-refractivity contribution >= 4 is 33.8 Å². The van der Waals surface area contributed by atoms with Gasteiger partial charge >= 0.3 is 0 Å². The molecule has 4 nitrogen and oxygen atoms in total. The first-order chi connectivity index (χ1) is 10.1. The van der Waals surface area contributed by atoms with Gasteiger partial charge in [-0.15, -0.1) is 0 Å². The van der Waals surface area contributed by atoms with Crippen LogP contribution in [-0.2, 0) is 4.74 Å². The van der Waals surface area contributed by atoms with Crippen LogP contribution in [0.2, 0.25) is 0 Å². The number of hydrogen-bond acceptors (Lipinski definition) is 4. The van der Waals surface area contributed by atoms with Crippen molar-refractivity contribution in [1.29, 1.82) is 0 Å². The second-order valence-corrected chi connectivity index (χ2v) is 5.99. The van der Waals surface area contributed by atoms with Gasteiger partial charge in [-0.1, -0.05) is 30.4 Å². The third-order valence-corrected chi connectivity index (χ3v) is 4.13. The molecule has 5 heteroatoms. The predicted molar refractivity (Wildman–Crippen MR) is 89.9 cm³/mol. The van der Waals surface area contributed by atoms with E-state index in [2.05, 4.69) is 29.8 Å². The number of ether oxygens (including phenoxy) is 1. The molecule has 21 heavy (non-hydrogen) atoms. The van der Waals surface area contributed by atoms with E-state index in [1.54, 1.807) is 6.20 Å². The summed E-state index contributed by atoms with van der Waals surface area (Å²) in [6.07, 6.45) is 1.97. The molecule has 0 radical (unpaired) electrons. The first-order valence-corrected chi connectivity index (χ1v) is 7.54. The van der Waals surface area contributed by atoms with Crippen LogP contribution >= 0.6 is 12.2 Å². The van der Waals surface area contributed by atoms with E-state index in [-0.39, 0.29) is 12.1 Å². The lowest BCUT2D eigenvalue weighted by Crippen LogP contribution is -2.48. The molecule has 1 aromatic heterocycles. The lowest BCUT2D eigenvalue weighted by molar-refractivity contribution is 0.0345. The Bertz CT molecular complexity index is 688. The molecular formula is C16H19N3OS. The number of benzene rings is 1. The molecule has 1 aliphatic rings. The maximum absolute atomic E-state index is 5.93. The number of morpholine rings is 1. The van der Waals surface area contributed by atoms with Crippen LogP contribution in [0.3, 0.4) is 0 Å². The second kappa shape index (κ2) is 5.58. The van der Waals surface area contributed by atoms with Crippen molar-refractivity contribution in [2.45, 2.75) is 26.0 Å². The molecule has 1 aromatic carbocycles. The summed E-state index contributed by atoms with van der Waals surface area (Å²) >= 11 is 5.23. The highest BCUT2D eigenvalue weighted by Gasteiger charge is 2.27. The van der Waals surface area contributed by atoms with Crippen molar-refractivity contribution in [2.24, 2.45) is 5.73 Å². The van der Waals surface area contributed by atoms with E-state index in [1.807, 2.05) is 18.2 Å². The minimum atomic E-state index is 0.187. The first-order valence-electron chi connectivity index (χ1n) is 7.13. The van der Waals surface area contributed by atoms with Gasteiger partial charge in [0.2, 0.25) is 0 Å². The van der Waals surface area contributed by atoms with Crippen LogP contribution in [0.1, 0.15) is 19.4 Å². The fourth-order valence-electron chi connectivity index (χ4n) is 2.83. The van der Waals surface area contributed by atoms with E-state index in [4.69, 9.17) is 22.7 Å². The zero-order chi connectivity index (χ0) is 15.0. The number of para-hydroxylation sites is 1. The molecule has 2 aromatic rings. The van der Waals surface area contributed by atoms with Crippen molar-refractivity contribution < 1.29 is 4.74 Å². The highest BCUT2D eigenvalue weighted by molar-refractivity contribution is 7.80. The number of nitrogens with zero attached hydrogens (tertiary/aromatic N) is 2. The smallest absolute Gasteiger partial charge is 0.107 e. The third-order valence-electron chi connectivity index (χ3n) is 3.91. The Kier molecular flexibility index (Phi) is 3.78. The fraction of sp³-hybridized carbons (Fsp3) is 0.375. The lowest BCUT2D eigenvalue weighted by atomic mass is 10.0. The second-order valence-electron chi connectivity index (χ2n) is 5.55. The number of rotatable bonds is 2. The quantitative estimate of drug-likeness (QED) is 0.864. The summed E-state index contributed by atoms with van der Waals surface area (Å²) in [4.78, 5) is 7.20. The minimum absolute atomic E-state index is 0.187. The van der Waals surface area contributed by atoms with Gasteiger partial charge in [-0.3, -0.25) is 4.98 Å². The molecule has 2 heterocycles. The van der Waals surface area contributed by atoms with E-state index < -0.39 is 0 Å². The Hall–Kier alpha value is -1.72. The molecule has 0 spiro atoms. The molecule has 1 aliphatic heterocycles. The average molecular weight is 301 g/mol. The molecule has 1 saturated heterocycles. The number of anilines is 1. The van der Waals surface area contributed by atoms with Gasteiger partial charge in [0.05, 0.1) is 29.5 Å². The molecule has 1 fully saturated rings. The van der Waals surface area contributed by atoms with Gasteiger partial charge in [0.25, 0.3) is 0 Å². The molecule has 0 saturated carbocycles. The molecule has 3 rings (SSSR count). The summed E-state index contributed by atoms with van der Waals surface area (Å²) < 4.78 is 5.73. The molecule has 0 amide bonds. The Labute approximate surface area is 129 Å². The monoisotopic (exact) mass is 301 g/mol. The van der Waals surface area contributed by atoms with Crippen molar-refractivity contribution in [3.63, 3.8) is 0 Å². The van der Waals surface area contributed by atoms with Gasteiger partial charge in [0, 0.05) is 24.2 Å². The molecular weight excluding hydrogens is 282 g/mol. The van der Waals surface area contributed by atoms with Crippen molar-refractivity contribution in [1.82, 2.24) is 4.98 Å². The molecule has 2 unspecified atom stereocenters. The van der Waals surface area contributed by atoms with Crippen LogP contribution in [0.5, 0.6) is 0 Å². The van der Waals surface area contributed by atoms with E-state index in [9.17, 15) is 0 Å². The number of thiocarbonyl (C=S) groups is 1.